The van der Waals surface area contributed by atoms with Gasteiger partial charge in [-0.15, -0.1) is 0 Å². The number of anilines is 1. The highest BCUT2D eigenvalue weighted by molar-refractivity contribution is 5.71. The molecule has 0 spiro atoms. The molecule has 1 unspecified atom stereocenters. The van der Waals surface area contributed by atoms with E-state index >= 15 is 0 Å². The lowest BCUT2D eigenvalue weighted by molar-refractivity contribution is -0.141. The highest BCUT2D eigenvalue weighted by Gasteiger charge is 2.25. The molecule has 0 aromatic heterocycles. The molecule has 0 bridgehead atoms. The van der Waals surface area contributed by atoms with E-state index in [-0.39, 0.29) is 5.92 Å². The molecule has 2 rings (SSSR count). The Bertz CT molecular complexity index is 337. The van der Waals surface area contributed by atoms with Crippen LogP contribution in [0.15, 0.2) is 30.3 Å². The Labute approximate surface area is 89.3 Å². The van der Waals surface area contributed by atoms with Crippen LogP contribution < -0.4 is 4.90 Å². The van der Waals surface area contributed by atoms with Gasteiger partial charge >= 0.3 is 5.97 Å². The molecule has 1 atom stereocenters. The number of aliphatic carboxylic acids is 1. The zero-order valence-corrected chi connectivity index (χ0v) is 8.60. The Hall–Kier alpha value is -1.51. The molecular formula is C12H15NO2. The van der Waals surface area contributed by atoms with Crippen molar-refractivity contribution in [1.29, 1.82) is 0 Å². The third-order valence-electron chi connectivity index (χ3n) is 2.89. The molecule has 1 aromatic rings. The third kappa shape index (κ3) is 2.29. The molecule has 0 amide bonds. The number of rotatable bonds is 2. The molecule has 0 aliphatic carbocycles. The smallest absolute Gasteiger partial charge is 0.308 e. The fraction of sp³-hybridized carbons (Fsp3) is 0.417. The first-order valence-electron chi connectivity index (χ1n) is 5.30. The molecule has 1 saturated heterocycles. The molecule has 1 aliphatic rings. The average molecular weight is 205 g/mol. The van der Waals surface area contributed by atoms with Gasteiger partial charge in [0.05, 0.1) is 5.92 Å². The van der Waals surface area contributed by atoms with Gasteiger partial charge in [-0.05, 0) is 25.0 Å². The highest BCUT2D eigenvalue weighted by atomic mass is 16.4. The highest BCUT2D eigenvalue weighted by Crippen LogP contribution is 2.22. The number of piperidine rings is 1. The molecule has 0 radical (unpaired) electrons. The molecule has 1 aliphatic heterocycles. The van der Waals surface area contributed by atoms with Crippen LogP contribution in [-0.4, -0.2) is 24.2 Å². The summed E-state index contributed by atoms with van der Waals surface area (Å²) in [6.45, 7) is 1.60. The summed E-state index contributed by atoms with van der Waals surface area (Å²) in [6.07, 6.45) is 1.77. The number of hydrogen-bond donors (Lipinski definition) is 1. The van der Waals surface area contributed by atoms with Gasteiger partial charge in [-0.2, -0.15) is 0 Å². The number of carboxylic acid groups (broad SMARTS) is 1. The molecule has 1 fully saturated rings. The molecular weight excluding hydrogens is 190 g/mol. The fourth-order valence-corrected chi connectivity index (χ4v) is 2.05. The van der Waals surface area contributed by atoms with Crippen LogP contribution in [0.1, 0.15) is 12.8 Å². The molecule has 1 heterocycles. The van der Waals surface area contributed by atoms with Crippen molar-refractivity contribution in [3.8, 4) is 0 Å². The summed E-state index contributed by atoms with van der Waals surface area (Å²) in [5.74, 6) is -0.880. The van der Waals surface area contributed by atoms with E-state index in [1.54, 1.807) is 0 Å². The van der Waals surface area contributed by atoms with Crippen molar-refractivity contribution in [2.75, 3.05) is 18.0 Å². The van der Waals surface area contributed by atoms with Crippen molar-refractivity contribution in [2.45, 2.75) is 12.8 Å². The zero-order chi connectivity index (χ0) is 10.7. The van der Waals surface area contributed by atoms with Gasteiger partial charge < -0.3 is 10.0 Å². The first kappa shape index (κ1) is 10.0. The maximum Gasteiger partial charge on any atom is 0.308 e. The quantitative estimate of drug-likeness (QED) is 0.802. The van der Waals surface area contributed by atoms with Crippen LogP contribution in [0.5, 0.6) is 0 Å². The summed E-state index contributed by atoms with van der Waals surface area (Å²) in [6, 6.07) is 10.0. The van der Waals surface area contributed by atoms with Crippen LogP contribution >= 0.6 is 0 Å². The summed E-state index contributed by atoms with van der Waals surface area (Å²) in [5.41, 5.74) is 1.13. The molecule has 0 saturated carbocycles. The zero-order valence-electron chi connectivity index (χ0n) is 8.60. The van der Waals surface area contributed by atoms with Crippen LogP contribution in [0.3, 0.4) is 0 Å². The Morgan fingerprint density at radius 3 is 2.73 bits per heavy atom. The van der Waals surface area contributed by atoms with Crippen molar-refractivity contribution in [3.05, 3.63) is 30.3 Å². The minimum absolute atomic E-state index is 0.209. The minimum atomic E-state index is -0.671. The van der Waals surface area contributed by atoms with Crippen molar-refractivity contribution in [1.82, 2.24) is 0 Å². The predicted molar refractivity (Wildman–Crippen MR) is 59.0 cm³/mol. The van der Waals surface area contributed by atoms with Crippen molar-refractivity contribution >= 4 is 11.7 Å². The van der Waals surface area contributed by atoms with Crippen LogP contribution in [0, 0.1) is 5.92 Å². The van der Waals surface area contributed by atoms with Gasteiger partial charge in [-0.25, -0.2) is 0 Å². The van der Waals surface area contributed by atoms with Gasteiger partial charge in [-0.3, -0.25) is 4.79 Å². The van der Waals surface area contributed by atoms with Crippen molar-refractivity contribution in [2.24, 2.45) is 5.92 Å². The van der Waals surface area contributed by atoms with Gasteiger partial charge in [0, 0.05) is 18.8 Å². The first-order valence-corrected chi connectivity index (χ1v) is 5.30. The summed E-state index contributed by atoms with van der Waals surface area (Å²) >= 11 is 0. The summed E-state index contributed by atoms with van der Waals surface area (Å²) in [4.78, 5) is 13.1. The predicted octanol–water partition coefficient (Wildman–Crippen LogP) is 1.99. The first-order chi connectivity index (χ1) is 7.27. The van der Waals surface area contributed by atoms with E-state index in [1.165, 1.54) is 0 Å². The summed E-state index contributed by atoms with van der Waals surface area (Å²) < 4.78 is 0. The number of nitrogens with zero attached hydrogens (tertiary/aromatic N) is 1. The standard InChI is InChI=1S/C12H15NO2/c14-12(15)10-5-4-8-13(9-10)11-6-2-1-3-7-11/h1-3,6-7,10H,4-5,8-9H2,(H,14,15). The lowest BCUT2D eigenvalue weighted by Gasteiger charge is -2.32. The lowest BCUT2D eigenvalue weighted by atomic mass is 9.98. The minimum Gasteiger partial charge on any atom is -0.481 e. The second-order valence-corrected chi connectivity index (χ2v) is 3.96. The fourth-order valence-electron chi connectivity index (χ4n) is 2.05. The normalized spacial score (nSPS) is 21.3. The van der Waals surface area contributed by atoms with E-state index in [1.807, 2.05) is 30.3 Å². The number of para-hydroxylation sites is 1. The number of hydrogen-bond acceptors (Lipinski definition) is 2. The van der Waals surface area contributed by atoms with Crippen LogP contribution in [0.4, 0.5) is 5.69 Å². The molecule has 1 N–H and O–H groups in total. The van der Waals surface area contributed by atoms with Crippen LogP contribution in [-0.2, 0) is 4.79 Å². The van der Waals surface area contributed by atoms with E-state index < -0.39 is 5.97 Å². The van der Waals surface area contributed by atoms with E-state index in [4.69, 9.17) is 5.11 Å². The maximum absolute atomic E-state index is 10.9. The molecule has 15 heavy (non-hydrogen) atoms. The third-order valence-corrected chi connectivity index (χ3v) is 2.89. The summed E-state index contributed by atoms with van der Waals surface area (Å²) in [7, 11) is 0. The average Bonchev–Trinajstić information content (AvgIpc) is 2.30. The Kier molecular flexibility index (Phi) is 2.90. The maximum atomic E-state index is 10.9. The van der Waals surface area contributed by atoms with Gasteiger partial charge in [0.2, 0.25) is 0 Å². The summed E-state index contributed by atoms with van der Waals surface area (Å²) in [5, 5.41) is 8.98. The van der Waals surface area contributed by atoms with Gasteiger partial charge in [0.25, 0.3) is 0 Å². The Morgan fingerprint density at radius 2 is 2.07 bits per heavy atom. The topological polar surface area (TPSA) is 40.5 Å². The van der Waals surface area contributed by atoms with E-state index in [2.05, 4.69) is 4.90 Å². The van der Waals surface area contributed by atoms with Crippen LogP contribution in [0.25, 0.3) is 0 Å². The van der Waals surface area contributed by atoms with E-state index in [9.17, 15) is 4.79 Å². The van der Waals surface area contributed by atoms with Crippen molar-refractivity contribution in [3.63, 3.8) is 0 Å². The van der Waals surface area contributed by atoms with E-state index in [0.29, 0.717) is 6.54 Å². The van der Waals surface area contributed by atoms with E-state index in [0.717, 1.165) is 25.1 Å². The number of benzene rings is 1. The largest absolute Gasteiger partial charge is 0.481 e. The van der Waals surface area contributed by atoms with Crippen molar-refractivity contribution < 1.29 is 9.90 Å². The van der Waals surface area contributed by atoms with Crippen LogP contribution in [0.2, 0.25) is 0 Å². The monoisotopic (exact) mass is 205 g/mol. The molecule has 3 nitrogen and oxygen atoms in total. The lowest BCUT2D eigenvalue weighted by Crippen LogP contribution is -2.38. The SMILES string of the molecule is O=C(O)C1CCCN(c2ccccc2)C1. The van der Waals surface area contributed by atoms with Gasteiger partial charge in [0.15, 0.2) is 0 Å². The molecule has 80 valence electrons. The second-order valence-electron chi connectivity index (χ2n) is 3.96. The molecule has 1 aromatic carbocycles. The second kappa shape index (κ2) is 4.34. The number of carbonyl (C=O) groups is 1. The van der Waals surface area contributed by atoms with Gasteiger partial charge in [-0.1, -0.05) is 18.2 Å². The van der Waals surface area contributed by atoms with Gasteiger partial charge in [0.1, 0.15) is 0 Å². The molecule has 3 heteroatoms. The Morgan fingerprint density at radius 1 is 1.33 bits per heavy atom. The Balaban J connectivity index is 2.08. The number of carboxylic acids is 1.